The lowest BCUT2D eigenvalue weighted by atomic mass is 9.98. The maximum absolute atomic E-state index is 12.0. The summed E-state index contributed by atoms with van der Waals surface area (Å²) in [5.41, 5.74) is 0.961. The summed E-state index contributed by atoms with van der Waals surface area (Å²) in [6.07, 6.45) is 5.95. The van der Waals surface area contributed by atoms with Gasteiger partial charge in [-0.05, 0) is 43.9 Å². The maximum atomic E-state index is 12.0. The average Bonchev–Trinajstić information content (AvgIpc) is 2.47. The zero-order valence-electron chi connectivity index (χ0n) is 12.1. The molecule has 106 valence electrons. The van der Waals surface area contributed by atoms with Gasteiger partial charge in [-0.2, -0.15) is 5.26 Å². The van der Waals surface area contributed by atoms with E-state index < -0.39 is 0 Å². The van der Waals surface area contributed by atoms with E-state index >= 15 is 0 Å². The number of rotatable bonds is 3. The number of nitrogens with zero attached hydrogens (tertiary/aromatic N) is 2. The van der Waals surface area contributed by atoms with Gasteiger partial charge in [-0.15, -0.1) is 0 Å². The van der Waals surface area contributed by atoms with Crippen molar-refractivity contribution in [2.24, 2.45) is 0 Å². The molecule has 1 fully saturated rings. The first-order valence-corrected chi connectivity index (χ1v) is 7.03. The molecule has 0 saturated heterocycles. The van der Waals surface area contributed by atoms with Gasteiger partial charge >= 0.3 is 0 Å². The molecule has 0 N–H and O–H groups in total. The molecule has 0 heterocycles. The van der Waals surface area contributed by atoms with Gasteiger partial charge < -0.3 is 9.64 Å². The molecule has 0 unspecified atom stereocenters. The average molecular weight is 272 g/mol. The molecule has 1 aromatic carbocycles. The van der Waals surface area contributed by atoms with Crippen LogP contribution in [0.25, 0.3) is 0 Å². The van der Waals surface area contributed by atoms with Crippen LogP contribution in [0.3, 0.4) is 0 Å². The SMILES string of the molecule is CN(C)C(=O)c1cc(C#N)cc(OC2CCCCC2)c1. The van der Waals surface area contributed by atoms with Gasteiger partial charge in [0.25, 0.3) is 5.91 Å². The van der Waals surface area contributed by atoms with Gasteiger partial charge in [0.1, 0.15) is 5.75 Å². The summed E-state index contributed by atoms with van der Waals surface area (Å²) >= 11 is 0. The van der Waals surface area contributed by atoms with Crippen molar-refractivity contribution in [2.45, 2.75) is 38.2 Å². The van der Waals surface area contributed by atoms with E-state index in [0.717, 1.165) is 12.8 Å². The van der Waals surface area contributed by atoms with Crippen LogP contribution in [-0.2, 0) is 0 Å². The second-order valence-corrected chi connectivity index (χ2v) is 5.44. The van der Waals surface area contributed by atoms with Crippen molar-refractivity contribution in [1.29, 1.82) is 5.26 Å². The molecule has 1 amide bonds. The molecule has 1 saturated carbocycles. The number of amides is 1. The first-order valence-electron chi connectivity index (χ1n) is 7.03. The molecular weight excluding hydrogens is 252 g/mol. The van der Waals surface area contributed by atoms with Gasteiger partial charge in [-0.3, -0.25) is 4.79 Å². The Morgan fingerprint density at radius 1 is 1.25 bits per heavy atom. The predicted octanol–water partition coefficient (Wildman–Crippen LogP) is 2.97. The van der Waals surface area contributed by atoms with Gasteiger partial charge in [0.15, 0.2) is 0 Å². The zero-order chi connectivity index (χ0) is 14.5. The molecule has 1 aliphatic carbocycles. The zero-order valence-corrected chi connectivity index (χ0v) is 12.1. The summed E-state index contributed by atoms with van der Waals surface area (Å²) in [6.45, 7) is 0. The molecule has 0 radical (unpaired) electrons. The van der Waals surface area contributed by atoms with Gasteiger partial charge in [0, 0.05) is 19.7 Å². The number of nitriles is 1. The van der Waals surface area contributed by atoms with Crippen LogP contribution in [0.2, 0.25) is 0 Å². The fraction of sp³-hybridized carbons (Fsp3) is 0.500. The van der Waals surface area contributed by atoms with Crippen LogP contribution in [0.1, 0.15) is 48.0 Å². The minimum Gasteiger partial charge on any atom is -0.490 e. The third-order valence-corrected chi connectivity index (χ3v) is 3.54. The second-order valence-electron chi connectivity index (χ2n) is 5.44. The molecule has 1 aliphatic rings. The summed E-state index contributed by atoms with van der Waals surface area (Å²) in [5.74, 6) is 0.511. The van der Waals surface area contributed by atoms with Gasteiger partial charge in [0.2, 0.25) is 0 Å². The summed E-state index contributed by atoms with van der Waals surface area (Å²) in [6, 6.07) is 7.14. The lowest BCUT2D eigenvalue weighted by Gasteiger charge is -2.23. The van der Waals surface area contributed by atoms with E-state index in [9.17, 15) is 4.79 Å². The van der Waals surface area contributed by atoms with Crippen LogP contribution in [-0.4, -0.2) is 31.0 Å². The monoisotopic (exact) mass is 272 g/mol. The molecule has 20 heavy (non-hydrogen) atoms. The Labute approximate surface area is 120 Å². The number of carbonyl (C=O) groups is 1. The lowest BCUT2D eigenvalue weighted by Crippen LogP contribution is -2.23. The number of ether oxygens (including phenoxy) is 1. The largest absolute Gasteiger partial charge is 0.490 e. The van der Waals surface area contributed by atoms with Crippen LogP contribution >= 0.6 is 0 Å². The molecule has 2 rings (SSSR count). The Hall–Kier alpha value is -2.02. The van der Waals surface area contributed by atoms with Crippen molar-refractivity contribution in [3.63, 3.8) is 0 Å². The first kappa shape index (κ1) is 14.4. The summed E-state index contributed by atoms with van der Waals surface area (Å²) < 4.78 is 5.95. The molecule has 0 aliphatic heterocycles. The topological polar surface area (TPSA) is 53.3 Å². The van der Waals surface area contributed by atoms with Crippen molar-refractivity contribution in [1.82, 2.24) is 4.90 Å². The first-order chi connectivity index (χ1) is 9.60. The van der Waals surface area contributed by atoms with Gasteiger partial charge in [-0.25, -0.2) is 0 Å². The van der Waals surface area contributed by atoms with Crippen molar-refractivity contribution >= 4 is 5.91 Å². The molecule has 0 bridgehead atoms. The number of hydrogen-bond acceptors (Lipinski definition) is 3. The number of carbonyl (C=O) groups excluding carboxylic acids is 1. The molecule has 4 nitrogen and oxygen atoms in total. The Bertz CT molecular complexity index is 526. The molecular formula is C16H20N2O2. The summed E-state index contributed by atoms with van der Waals surface area (Å²) in [5, 5.41) is 9.08. The second kappa shape index (κ2) is 6.42. The Morgan fingerprint density at radius 3 is 2.55 bits per heavy atom. The highest BCUT2D eigenvalue weighted by Gasteiger charge is 2.17. The molecule has 4 heteroatoms. The molecule has 0 aromatic heterocycles. The third-order valence-electron chi connectivity index (χ3n) is 3.54. The van der Waals surface area contributed by atoms with Gasteiger partial charge in [0.05, 0.1) is 17.7 Å². The Kier molecular flexibility index (Phi) is 4.62. The van der Waals surface area contributed by atoms with Gasteiger partial charge in [-0.1, -0.05) is 6.42 Å². The number of hydrogen-bond donors (Lipinski definition) is 0. The molecule has 1 aromatic rings. The smallest absolute Gasteiger partial charge is 0.253 e. The lowest BCUT2D eigenvalue weighted by molar-refractivity contribution is 0.0826. The van der Waals surface area contributed by atoms with Crippen LogP contribution in [0.4, 0.5) is 0 Å². The quantitative estimate of drug-likeness (QED) is 0.850. The third kappa shape index (κ3) is 3.51. The van der Waals surface area contributed by atoms with E-state index in [1.165, 1.54) is 24.2 Å². The maximum Gasteiger partial charge on any atom is 0.253 e. The summed E-state index contributed by atoms with van der Waals surface area (Å²) in [4.78, 5) is 13.5. The highest BCUT2D eigenvalue weighted by atomic mass is 16.5. The summed E-state index contributed by atoms with van der Waals surface area (Å²) in [7, 11) is 3.39. The molecule has 0 spiro atoms. The van der Waals surface area contributed by atoms with Crippen molar-refractivity contribution in [3.8, 4) is 11.8 Å². The Morgan fingerprint density at radius 2 is 1.95 bits per heavy atom. The minimum atomic E-state index is -0.115. The molecule has 0 atom stereocenters. The van der Waals surface area contributed by atoms with E-state index in [2.05, 4.69) is 6.07 Å². The van der Waals surface area contributed by atoms with Crippen LogP contribution in [0, 0.1) is 11.3 Å². The standard InChI is InChI=1S/C16H20N2O2/c1-18(2)16(19)13-8-12(11-17)9-15(10-13)20-14-6-4-3-5-7-14/h8-10,14H,3-7H2,1-2H3. The van der Waals surface area contributed by atoms with E-state index in [1.807, 2.05) is 0 Å². The Balaban J connectivity index is 2.21. The fourth-order valence-electron chi connectivity index (χ4n) is 2.49. The van der Waals surface area contributed by atoms with Crippen LogP contribution in [0.5, 0.6) is 5.75 Å². The minimum absolute atomic E-state index is 0.115. The van der Waals surface area contributed by atoms with Crippen molar-refractivity contribution < 1.29 is 9.53 Å². The van der Waals surface area contributed by atoms with Crippen molar-refractivity contribution in [2.75, 3.05) is 14.1 Å². The number of benzene rings is 1. The van der Waals surface area contributed by atoms with Crippen molar-refractivity contribution in [3.05, 3.63) is 29.3 Å². The highest BCUT2D eigenvalue weighted by molar-refractivity contribution is 5.94. The van der Waals surface area contributed by atoms with E-state index in [0.29, 0.717) is 16.9 Å². The predicted molar refractivity (Wildman–Crippen MR) is 76.7 cm³/mol. The fourth-order valence-corrected chi connectivity index (χ4v) is 2.49. The normalized spacial score (nSPS) is 15.4. The van der Waals surface area contributed by atoms with Crippen LogP contribution < -0.4 is 4.74 Å². The van der Waals surface area contributed by atoms with E-state index in [1.54, 1.807) is 32.3 Å². The van der Waals surface area contributed by atoms with E-state index in [4.69, 9.17) is 10.00 Å². The highest BCUT2D eigenvalue weighted by Crippen LogP contribution is 2.25. The van der Waals surface area contributed by atoms with E-state index in [-0.39, 0.29) is 12.0 Å². The van der Waals surface area contributed by atoms with Crippen LogP contribution in [0.15, 0.2) is 18.2 Å².